The molecule has 176 valence electrons. The second-order valence-electron chi connectivity index (χ2n) is 8.98. The van der Waals surface area contributed by atoms with Crippen molar-refractivity contribution in [2.24, 2.45) is 5.92 Å². The molecule has 5 heteroatoms. The smallest absolute Gasteiger partial charge is 0.222 e. The predicted molar refractivity (Wildman–Crippen MR) is 138 cm³/mol. The van der Waals surface area contributed by atoms with Crippen LogP contribution < -0.4 is 0 Å². The van der Waals surface area contributed by atoms with E-state index in [4.69, 9.17) is 5.11 Å². The van der Waals surface area contributed by atoms with Gasteiger partial charge >= 0.3 is 0 Å². The number of thiazole rings is 1. The number of rotatable bonds is 8. The van der Waals surface area contributed by atoms with Crippen molar-refractivity contribution in [1.29, 1.82) is 0 Å². The first kappa shape index (κ1) is 24.2. The third-order valence-corrected chi connectivity index (χ3v) is 7.09. The minimum Gasteiger partial charge on any atom is -0.396 e. The Morgan fingerprint density at radius 2 is 1.62 bits per heavy atom. The summed E-state index contributed by atoms with van der Waals surface area (Å²) in [4.78, 5) is 18.8. The lowest BCUT2D eigenvalue weighted by molar-refractivity contribution is -0.132. The first-order valence-electron chi connectivity index (χ1n) is 12.1. The van der Waals surface area contributed by atoms with E-state index >= 15 is 0 Å². The van der Waals surface area contributed by atoms with E-state index in [2.05, 4.69) is 53.2 Å². The van der Waals surface area contributed by atoms with Crippen LogP contribution in [0.25, 0.3) is 0 Å². The van der Waals surface area contributed by atoms with E-state index in [9.17, 15) is 4.79 Å². The standard InChI is InChI=1S/C29H32N2O2S/c32-19-1-2-23-3-5-24(6-4-23)7-8-25-9-11-26(12-10-25)20-27-15-17-31(18-16-27)29(33)14-13-28-21-34-22-30-28/h3-6,9-12,21-22,27,32H,1-2,13-20H2. The van der Waals surface area contributed by atoms with Gasteiger partial charge in [-0.05, 0) is 79.8 Å². The summed E-state index contributed by atoms with van der Waals surface area (Å²) in [5.41, 5.74) is 7.44. The van der Waals surface area contributed by atoms with Crippen LogP contribution in [0.3, 0.4) is 0 Å². The summed E-state index contributed by atoms with van der Waals surface area (Å²) in [6.07, 6.45) is 6.19. The summed E-state index contributed by atoms with van der Waals surface area (Å²) in [5, 5.41) is 11.0. The molecule has 2 aromatic carbocycles. The number of aliphatic hydroxyl groups is 1. The molecule has 0 spiro atoms. The summed E-state index contributed by atoms with van der Waals surface area (Å²) in [5.74, 6) is 7.38. The molecule has 4 nitrogen and oxygen atoms in total. The van der Waals surface area contributed by atoms with Gasteiger partial charge in [-0.2, -0.15) is 0 Å². The molecule has 0 saturated carbocycles. The molecule has 0 atom stereocenters. The van der Waals surface area contributed by atoms with Gasteiger partial charge in [-0.1, -0.05) is 36.1 Å². The highest BCUT2D eigenvalue weighted by atomic mass is 32.1. The van der Waals surface area contributed by atoms with Crippen LogP contribution in [0, 0.1) is 17.8 Å². The van der Waals surface area contributed by atoms with Crippen molar-refractivity contribution in [3.05, 3.63) is 87.4 Å². The number of hydrogen-bond donors (Lipinski definition) is 1. The number of aliphatic hydroxyl groups excluding tert-OH is 1. The van der Waals surface area contributed by atoms with Crippen LogP contribution >= 0.6 is 11.3 Å². The van der Waals surface area contributed by atoms with E-state index in [1.54, 1.807) is 11.3 Å². The lowest BCUT2D eigenvalue weighted by Gasteiger charge is -2.32. The number of hydrogen-bond acceptors (Lipinski definition) is 4. The fourth-order valence-corrected chi connectivity index (χ4v) is 4.97. The molecule has 1 aliphatic rings. The highest BCUT2D eigenvalue weighted by Gasteiger charge is 2.22. The summed E-state index contributed by atoms with van der Waals surface area (Å²) in [7, 11) is 0. The monoisotopic (exact) mass is 472 g/mol. The van der Waals surface area contributed by atoms with Crippen molar-refractivity contribution in [2.75, 3.05) is 19.7 Å². The number of carbonyl (C=O) groups is 1. The number of likely N-dealkylation sites (tertiary alicyclic amines) is 1. The minimum absolute atomic E-state index is 0.227. The molecule has 0 unspecified atom stereocenters. The van der Waals surface area contributed by atoms with E-state index < -0.39 is 0 Å². The van der Waals surface area contributed by atoms with Crippen LogP contribution in [0.4, 0.5) is 0 Å². The zero-order valence-corrected chi connectivity index (χ0v) is 20.4. The molecule has 0 aliphatic carbocycles. The Bertz CT molecular complexity index is 1090. The Morgan fingerprint density at radius 1 is 0.971 bits per heavy atom. The Hall–Kier alpha value is -2.94. The number of benzene rings is 2. The quantitative estimate of drug-likeness (QED) is 0.476. The van der Waals surface area contributed by atoms with E-state index in [0.29, 0.717) is 12.3 Å². The average molecular weight is 473 g/mol. The Labute approximate surface area is 206 Å². The van der Waals surface area contributed by atoms with Gasteiger partial charge in [-0.25, -0.2) is 4.98 Å². The first-order chi connectivity index (χ1) is 16.7. The van der Waals surface area contributed by atoms with Crippen LogP contribution in [0.1, 0.15) is 53.6 Å². The zero-order valence-electron chi connectivity index (χ0n) is 19.6. The lowest BCUT2D eigenvalue weighted by Crippen LogP contribution is -2.39. The Balaban J connectivity index is 1.21. The van der Waals surface area contributed by atoms with Gasteiger partial charge in [0.15, 0.2) is 0 Å². The van der Waals surface area contributed by atoms with Crippen molar-refractivity contribution in [3.8, 4) is 11.8 Å². The maximum atomic E-state index is 12.5. The summed E-state index contributed by atoms with van der Waals surface area (Å²) < 4.78 is 0. The number of aryl methyl sites for hydroxylation is 2. The van der Waals surface area contributed by atoms with Crippen molar-refractivity contribution in [2.45, 2.75) is 44.9 Å². The molecule has 1 aromatic heterocycles. The summed E-state index contributed by atoms with van der Waals surface area (Å²) >= 11 is 1.58. The fourth-order valence-electron chi connectivity index (χ4n) is 4.38. The topological polar surface area (TPSA) is 53.4 Å². The van der Waals surface area contributed by atoms with E-state index in [0.717, 1.165) is 68.4 Å². The molecule has 1 N–H and O–H groups in total. The van der Waals surface area contributed by atoms with Gasteiger partial charge in [0.1, 0.15) is 0 Å². The Kier molecular flexibility index (Phi) is 8.90. The van der Waals surface area contributed by atoms with Crippen molar-refractivity contribution in [3.63, 3.8) is 0 Å². The average Bonchev–Trinajstić information content (AvgIpc) is 3.40. The van der Waals surface area contributed by atoms with Crippen LogP contribution in [0.5, 0.6) is 0 Å². The van der Waals surface area contributed by atoms with Crippen molar-refractivity contribution in [1.82, 2.24) is 9.88 Å². The van der Waals surface area contributed by atoms with Crippen LogP contribution in [0.15, 0.2) is 59.4 Å². The highest BCUT2D eigenvalue weighted by Crippen LogP contribution is 2.22. The first-order valence-corrected chi connectivity index (χ1v) is 13.1. The molecule has 1 aliphatic heterocycles. The maximum absolute atomic E-state index is 12.5. The van der Waals surface area contributed by atoms with Gasteiger partial charge in [0.05, 0.1) is 11.2 Å². The highest BCUT2D eigenvalue weighted by molar-refractivity contribution is 7.07. The number of amides is 1. The molecule has 2 heterocycles. The third kappa shape index (κ3) is 7.28. The molecule has 3 aromatic rings. The number of aromatic nitrogens is 1. The normalized spacial score (nSPS) is 14.0. The van der Waals surface area contributed by atoms with Gasteiger partial charge in [0, 0.05) is 42.6 Å². The van der Waals surface area contributed by atoms with Gasteiger partial charge in [0.2, 0.25) is 5.91 Å². The molecule has 34 heavy (non-hydrogen) atoms. The van der Waals surface area contributed by atoms with Crippen LogP contribution in [-0.2, 0) is 24.1 Å². The molecular weight excluding hydrogens is 440 g/mol. The molecular formula is C29H32N2O2S. The number of nitrogens with zero attached hydrogens (tertiary/aromatic N) is 2. The summed E-state index contributed by atoms with van der Waals surface area (Å²) in [6, 6.07) is 16.9. The zero-order chi connectivity index (χ0) is 23.6. The SMILES string of the molecule is O=C(CCc1cscn1)N1CCC(Cc2ccc(C#Cc3ccc(CCCO)cc3)cc2)CC1. The molecule has 1 saturated heterocycles. The number of piperidine rings is 1. The van der Waals surface area contributed by atoms with Gasteiger partial charge < -0.3 is 10.0 Å². The third-order valence-electron chi connectivity index (χ3n) is 6.45. The van der Waals surface area contributed by atoms with E-state index in [1.165, 1.54) is 11.1 Å². The molecule has 4 rings (SSSR count). The second kappa shape index (κ2) is 12.5. The minimum atomic E-state index is 0.227. The van der Waals surface area contributed by atoms with E-state index in [-0.39, 0.29) is 12.5 Å². The van der Waals surface area contributed by atoms with E-state index in [1.807, 2.05) is 27.9 Å². The largest absolute Gasteiger partial charge is 0.396 e. The molecule has 0 radical (unpaired) electrons. The molecule has 0 bridgehead atoms. The van der Waals surface area contributed by atoms with Crippen molar-refractivity contribution >= 4 is 17.2 Å². The fraction of sp³-hybridized carbons (Fsp3) is 0.379. The molecule has 1 amide bonds. The van der Waals surface area contributed by atoms with Gasteiger partial charge in [0.25, 0.3) is 0 Å². The van der Waals surface area contributed by atoms with Gasteiger partial charge in [-0.15, -0.1) is 11.3 Å². The predicted octanol–water partition coefficient (Wildman–Crippen LogP) is 4.88. The second-order valence-corrected chi connectivity index (χ2v) is 9.70. The molecule has 1 fully saturated rings. The van der Waals surface area contributed by atoms with Gasteiger partial charge in [-0.3, -0.25) is 4.79 Å². The van der Waals surface area contributed by atoms with Crippen LogP contribution in [0.2, 0.25) is 0 Å². The Morgan fingerprint density at radius 3 is 2.21 bits per heavy atom. The maximum Gasteiger partial charge on any atom is 0.222 e. The van der Waals surface area contributed by atoms with Crippen LogP contribution in [-0.4, -0.2) is 40.6 Å². The lowest BCUT2D eigenvalue weighted by atomic mass is 9.89. The van der Waals surface area contributed by atoms with Crippen molar-refractivity contribution < 1.29 is 9.90 Å². The summed E-state index contributed by atoms with van der Waals surface area (Å²) in [6.45, 7) is 1.95. The number of carbonyl (C=O) groups excluding carboxylic acids is 1.